The lowest BCUT2D eigenvalue weighted by Crippen LogP contribution is -2.47. The van der Waals surface area contributed by atoms with Crippen molar-refractivity contribution in [2.24, 2.45) is 17.3 Å². The first-order valence-electron chi connectivity index (χ1n) is 10.8. The van der Waals surface area contributed by atoms with E-state index in [0.29, 0.717) is 24.0 Å². The molecule has 3 aliphatic carbocycles. The van der Waals surface area contributed by atoms with E-state index in [1.165, 1.54) is 31.9 Å². The standard InChI is InChI=1S/C24H30O6/c1-13(25)28-17-6-8-18-16(11-17)5-7-20-19(18)9-10-24(4)22(30-15(3)27)12-21(23(20)24)29-14(2)26/h6,8,11,19-23H,5,7,9-10,12H2,1-4H3/t19-,20-,21?,22?,23-,24-/m1/s1. The van der Waals surface area contributed by atoms with E-state index in [1.54, 1.807) is 0 Å². The smallest absolute Gasteiger partial charge is 0.308 e. The molecule has 0 aliphatic heterocycles. The van der Waals surface area contributed by atoms with E-state index >= 15 is 0 Å². The third-order valence-corrected chi connectivity index (χ3v) is 7.46. The molecule has 2 saturated carbocycles. The van der Waals surface area contributed by atoms with Crippen LogP contribution in [0.15, 0.2) is 18.2 Å². The largest absolute Gasteiger partial charge is 0.462 e. The Kier molecular flexibility index (Phi) is 5.37. The number of ether oxygens (including phenoxy) is 3. The summed E-state index contributed by atoms with van der Waals surface area (Å²) in [5.74, 6) is 0.601. The topological polar surface area (TPSA) is 78.9 Å². The van der Waals surface area contributed by atoms with Gasteiger partial charge in [-0.15, -0.1) is 0 Å². The lowest BCUT2D eigenvalue weighted by molar-refractivity contribution is -0.156. The number of carbonyl (C=O) groups is 3. The molecule has 2 unspecified atom stereocenters. The van der Waals surface area contributed by atoms with Gasteiger partial charge in [0.15, 0.2) is 0 Å². The maximum atomic E-state index is 11.8. The molecule has 1 aromatic rings. The van der Waals surface area contributed by atoms with Gasteiger partial charge in [0.05, 0.1) is 0 Å². The quantitative estimate of drug-likeness (QED) is 0.551. The lowest BCUT2D eigenvalue weighted by atomic mass is 9.55. The van der Waals surface area contributed by atoms with Crippen LogP contribution in [0.3, 0.4) is 0 Å². The molecule has 6 nitrogen and oxygen atoms in total. The maximum Gasteiger partial charge on any atom is 0.308 e. The summed E-state index contributed by atoms with van der Waals surface area (Å²) < 4.78 is 16.8. The molecule has 162 valence electrons. The van der Waals surface area contributed by atoms with Crippen LogP contribution in [-0.4, -0.2) is 30.1 Å². The molecular formula is C24H30O6. The summed E-state index contributed by atoms with van der Waals surface area (Å²) in [5, 5.41) is 0. The summed E-state index contributed by atoms with van der Waals surface area (Å²) in [6.07, 6.45) is 3.91. The van der Waals surface area contributed by atoms with Crippen LogP contribution in [0.5, 0.6) is 5.75 Å². The molecule has 30 heavy (non-hydrogen) atoms. The minimum Gasteiger partial charge on any atom is -0.462 e. The Morgan fingerprint density at radius 2 is 1.73 bits per heavy atom. The molecule has 0 aromatic heterocycles. The van der Waals surface area contributed by atoms with Gasteiger partial charge >= 0.3 is 17.9 Å². The van der Waals surface area contributed by atoms with Gasteiger partial charge in [-0.1, -0.05) is 13.0 Å². The van der Waals surface area contributed by atoms with Gasteiger partial charge in [0.2, 0.25) is 0 Å². The summed E-state index contributed by atoms with van der Waals surface area (Å²) in [6, 6.07) is 5.95. The minimum absolute atomic E-state index is 0.158. The fourth-order valence-electron chi connectivity index (χ4n) is 6.49. The van der Waals surface area contributed by atoms with Crippen LogP contribution < -0.4 is 4.74 Å². The monoisotopic (exact) mass is 414 g/mol. The fraction of sp³-hybridized carbons (Fsp3) is 0.625. The summed E-state index contributed by atoms with van der Waals surface area (Å²) in [7, 11) is 0. The first-order valence-corrected chi connectivity index (χ1v) is 10.8. The van der Waals surface area contributed by atoms with Crippen LogP contribution >= 0.6 is 0 Å². The highest BCUT2D eigenvalue weighted by Gasteiger charge is 2.61. The van der Waals surface area contributed by atoms with E-state index < -0.39 is 0 Å². The average molecular weight is 414 g/mol. The number of hydrogen-bond donors (Lipinski definition) is 0. The molecule has 0 N–H and O–H groups in total. The molecule has 0 bridgehead atoms. The molecule has 3 aliphatic rings. The zero-order valence-corrected chi connectivity index (χ0v) is 18.1. The Morgan fingerprint density at radius 3 is 2.40 bits per heavy atom. The average Bonchev–Trinajstić information content (AvgIpc) is 2.91. The number of fused-ring (bicyclic) bond motifs is 5. The molecule has 0 heterocycles. The first-order chi connectivity index (χ1) is 14.2. The Balaban J connectivity index is 1.66. The van der Waals surface area contributed by atoms with Gasteiger partial charge in [-0.2, -0.15) is 0 Å². The minimum atomic E-state index is -0.316. The van der Waals surface area contributed by atoms with E-state index in [-0.39, 0.29) is 41.4 Å². The Morgan fingerprint density at radius 1 is 1.00 bits per heavy atom. The van der Waals surface area contributed by atoms with Crippen molar-refractivity contribution in [2.75, 3.05) is 0 Å². The molecule has 0 radical (unpaired) electrons. The van der Waals surface area contributed by atoms with E-state index in [9.17, 15) is 14.4 Å². The van der Waals surface area contributed by atoms with Crippen LogP contribution in [0.1, 0.15) is 70.4 Å². The van der Waals surface area contributed by atoms with Crippen LogP contribution in [0.4, 0.5) is 0 Å². The first kappa shape index (κ1) is 20.9. The summed E-state index contributed by atoms with van der Waals surface area (Å²) in [6.45, 7) is 6.50. The summed E-state index contributed by atoms with van der Waals surface area (Å²) in [5.41, 5.74) is 2.35. The van der Waals surface area contributed by atoms with Crippen molar-refractivity contribution in [3.05, 3.63) is 29.3 Å². The third-order valence-electron chi connectivity index (χ3n) is 7.46. The van der Waals surface area contributed by atoms with Gasteiger partial charge < -0.3 is 14.2 Å². The zero-order chi connectivity index (χ0) is 21.6. The van der Waals surface area contributed by atoms with E-state index in [1.807, 2.05) is 12.1 Å². The molecule has 0 spiro atoms. The lowest BCUT2D eigenvalue weighted by Gasteiger charge is -2.51. The molecule has 0 amide bonds. The molecule has 0 saturated heterocycles. The van der Waals surface area contributed by atoms with Crippen molar-refractivity contribution in [1.82, 2.24) is 0 Å². The van der Waals surface area contributed by atoms with Crippen molar-refractivity contribution >= 4 is 17.9 Å². The number of benzene rings is 1. The van der Waals surface area contributed by atoms with Crippen molar-refractivity contribution in [3.8, 4) is 5.75 Å². The molecular weight excluding hydrogens is 384 g/mol. The van der Waals surface area contributed by atoms with Crippen molar-refractivity contribution in [2.45, 2.75) is 77.9 Å². The van der Waals surface area contributed by atoms with Crippen LogP contribution in [0, 0.1) is 17.3 Å². The van der Waals surface area contributed by atoms with Gasteiger partial charge in [0.25, 0.3) is 0 Å². The molecule has 2 fully saturated rings. The normalized spacial score (nSPS) is 34.2. The highest BCUT2D eigenvalue weighted by atomic mass is 16.6. The van der Waals surface area contributed by atoms with Crippen molar-refractivity contribution in [1.29, 1.82) is 0 Å². The Bertz CT molecular complexity index is 876. The predicted molar refractivity (Wildman–Crippen MR) is 109 cm³/mol. The van der Waals surface area contributed by atoms with E-state index in [4.69, 9.17) is 14.2 Å². The van der Waals surface area contributed by atoms with Crippen LogP contribution in [0.25, 0.3) is 0 Å². The summed E-state index contributed by atoms with van der Waals surface area (Å²) >= 11 is 0. The van der Waals surface area contributed by atoms with Gasteiger partial charge in [0, 0.05) is 38.5 Å². The predicted octanol–water partition coefficient (Wildman–Crippen LogP) is 3.94. The molecule has 6 heteroatoms. The highest BCUT2D eigenvalue weighted by molar-refractivity contribution is 5.69. The second-order valence-electron chi connectivity index (χ2n) is 9.32. The maximum absolute atomic E-state index is 11.8. The number of rotatable bonds is 3. The zero-order valence-electron chi connectivity index (χ0n) is 18.1. The number of carbonyl (C=O) groups excluding carboxylic acids is 3. The molecule has 4 rings (SSSR count). The van der Waals surface area contributed by atoms with Crippen molar-refractivity contribution in [3.63, 3.8) is 0 Å². The van der Waals surface area contributed by atoms with Gasteiger partial charge in [-0.05, 0) is 60.8 Å². The second kappa shape index (κ2) is 7.71. The third kappa shape index (κ3) is 3.61. The Hall–Kier alpha value is -2.37. The van der Waals surface area contributed by atoms with E-state index in [0.717, 1.165) is 25.7 Å². The molecule has 6 atom stereocenters. The van der Waals surface area contributed by atoms with Gasteiger partial charge in [-0.25, -0.2) is 0 Å². The number of hydrogen-bond acceptors (Lipinski definition) is 6. The second-order valence-corrected chi connectivity index (χ2v) is 9.32. The number of esters is 3. The SMILES string of the molecule is CC(=O)Oc1ccc2c(c1)CC[C@@H]1[C@@H]2CC[C@]2(C)C(OC(C)=O)CC(OC(C)=O)[C@@H]12. The fourth-order valence-corrected chi connectivity index (χ4v) is 6.49. The van der Waals surface area contributed by atoms with Crippen LogP contribution in [0.2, 0.25) is 0 Å². The number of aryl methyl sites for hydroxylation is 1. The highest BCUT2D eigenvalue weighted by Crippen LogP contribution is 2.62. The van der Waals surface area contributed by atoms with Gasteiger partial charge in [0.1, 0.15) is 18.0 Å². The molecule has 1 aromatic carbocycles. The van der Waals surface area contributed by atoms with Crippen LogP contribution in [-0.2, 0) is 30.3 Å². The Labute approximate surface area is 177 Å². The van der Waals surface area contributed by atoms with Gasteiger partial charge in [-0.3, -0.25) is 14.4 Å². The van der Waals surface area contributed by atoms with Crippen molar-refractivity contribution < 1.29 is 28.6 Å². The summed E-state index contributed by atoms with van der Waals surface area (Å²) in [4.78, 5) is 34.9. The van der Waals surface area contributed by atoms with E-state index in [2.05, 4.69) is 13.0 Å².